The molecule has 1 fully saturated rings. The molecule has 0 radical (unpaired) electrons. The van der Waals surface area contributed by atoms with E-state index in [1.807, 2.05) is 24.3 Å². The summed E-state index contributed by atoms with van der Waals surface area (Å²) in [6.45, 7) is 3.36. The van der Waals surface area contributed by atoms with Gasteiger partial charge in [-0.1, -0.05) is 18.6 Å². The van der Waals surface area contributed by atoms with E-state index in [2.05, 4.69) is 20.1 Å². The van der Waals surface area contributed by atoms with Crippen LogP contribution in [0, 0.1) is 0 Å². The van der Waals surface area contributed by atoms with Gasteiger partial charge >= 0.3 is 0 Å². The van der Waals surface area contributed by atoms with Crippen molar-refractivity contribution in [2.24, 2.45) is 0 Å². The van der Waals surface area contributed by atoms with Crippen LogP contribution < -0.4 is 5.32 Å². The second kappa shape index (κ2) is 10.1. The van der Waals surface area contributed by atoms with Gasteiger partial charge < -0.3 is 19.5 Å². The van der Waals surface area contributed by atoms with Crippen LogP contribution in [0.3, 0.4) is 0 Å². The zero-order chi connectivity index (χ0) is 20.8. The molecule has 2 aliphatic rings. The van der Waals surface area contributed by atoms with E-state index in [0.29, 0.717) is 32.1 Å². The van der Waals surface area contributed by atoms with Crippen molar-refractivity contribution in [3.8, 4) is 11.4 Å². The van der Waals surface area contributed by atoms with E-state index in [1.165, 1.54) is 18.2 Å². The molecule has 1 aromatic heterocycles. The molecule has 2 aromatic rings. The summed E-state index contributed by atoms with van der Waals surface area (Å²) >= 11 is 1.33. The van der Waals surface area contributed by atoms with E-state index in [9.17, 15) is 9.59 Å². The number of aromatic nitrogens is 3. The van der Waals surface area contributed by atoms with E-state index in [4.69, 9.17) is 4.74 Å². The summed E-state index contributed by atoms with van der Waals surface area (Å²) in [7, 11) is 0. The largest absolute Gasteiger partial charge is 0.378 e. The lowest BCUT2D eigenvalue weighted by Crippen LogP contribution is -2.41. The summed E-state index contributed by atoms with van der Waals surface area (Å²) in [6.07, 6.45) is 4.46. The average molecular weight is 430 g/mol. The van der Waals surface area contributed by atoms with Crippen LogP contribution in [0.4, 0.5) is 5.69 Å². The molecule has 0 unspecified atom stereocenters. The van der Waals surface area contributed by atoms with Crippen molar-refractivity contribution in [3.63, 3.8) is 0 Å². The average Bonchev–Trinajstić information content (AvgIpc) is 3.02. The normalized spacial score (nSPS) is 16.6. The van der Waals surface area contributed by atoms with Crippen molar-refractivity contribution in [1.82, 2.24) is 19.7 Å². The maximum atomic E-state index is 12.3. The van der Waals surface area contributed by atoms with E-state index in [-0.39, 0.29) is 17.6 Å². The predicted molar refractivity (Wildman–Crippen MR) is 116 cm³/mol. The quantitative estimate of drug-likeness (QED) is 0.757. The van der Waals surface area contributed by atoms with Gasteiger partial charge in [0.05, 0.1) is 24.7 Å². The van der Waals surface area contributed by atoms with Gasteiger partial charge in [0.25, 0.3) is 0 Å². The first-order valence-electron chi connectivity index (χ1n) is 10.5. The molecule has 0 saturated carbocycles. The Labute approximate surface area is 180 Å². The number of amides is 2. The third-order valence-electron chi connectivity index (χ3n) is 5.34. The Morgan fingerprint density at radius 1 is 1.07 bits per heavy atom. The van der Waals surface area contributed by atoms with Crippen LogP contribution in [0.5, 0.6) is 0 Å². The molecular weight excluding hydrogens is 402 g/mol. The Hall–Kier alpha value is -2.39. The summed E-state index contributed by atoms with van der Waals surface area (Å²) in [5, 5.41) is 11.7. The number of hydrogen-bond donors (Lipinski definition) is 1. The zero-order valence-corrected chi connectivity index (χ0v) is 17.8. The minimum absolute atomic E-state index is 0.0607. The van der Waals surface area contributed by atoms with Gasteiger partial charge in [-0.25, -0.2) is 0 Å². The molecule has 9 heteroatoms. The highest BCUT2D eigenvalue weighted by atomic mass is 32.2. The van der Waals surface area contributed by atoms with Gasteiger partial charge in [0, 0.05) is 37.3 Å². The van der Waals surface area contributed by atoms with Gasteiger partial charge in [-0.3, -0.25) is 9.59 Å². The molecule has 160 valence electrons. The van der Waals surface area contributed by atoms with Crippen LogP contribution in [0.1, 0.15) is 25.1 Å². The number of nitrogens with zero attached hydrogens (tertiary/aromatic N) is 4. The lowest BCUT2D eigenvalue weighted by molar-refractivity contribution is -0.132. The number of thioether (sulfide) groups is 1. The smallest absolute Gasteiger partial charge is 0.234 e. The monoisotopic (exact) mass is 429 g/mol. The number of morpholine rings is 1. The Kier molecular flexibility index (Phi) is 7.01. The molecule has 1 N–H and O–H groups in total. The van der Waals surface area contributed by atoms with Crippen molar-refractivity contribution in [2.45, 2.75) is 32.2 Å². The van der Waals surface area contributed by atoms with Crippen LogP contribution >= 0.6 is 11.8 Å². The topological polar surface area (TPSA) is 89.3 Å². The summed E-state index contributed by atoms with van der Waals surface area (Å²) < 4.78 is 7.45. The van der Waals surface area contributed by atoms with Gasteiger partial charge in [0.1, 0.15) is 5.82 Å². The lowest BCUT2D eigenvalue weighted by atomic mass is 10.2. The zero-order valence-electron chi connectivity index (χ0n) is 17.0. The molecule has 1 saturated heterocycles. The molecule has 3 heterocycles. The van der Waals surface area contributed by atoms with Gasteiger partial charge in [-0.15, -0.1) is 22.0 Å². The molecule has 0 bridgehead atoms. The second-order valence-electron chi connectivity index (χ2n) is 7.52. The highest BCUT2D eigenvalue weighted by molar-refractivity contribution is 8.00. The van der Waals surface area contributed by atoms with E-state index in [0.717, 1.165) is 48.7 Å². The van der Waals surface area contributed by atoms with E-state index >= 15 is 0 Å². The lowest BCUT2D eigenvalue weighted by Gasteiger charge is -2.26. The molecule has 4 rings (SSSR count). The van der Waals surface area contributed by atoms with Crippen molar-refractivity contribution in [1.29, 1.82) is 0 Å². The van der Waals surface area contributed by atoms with E-state index < -0.39 is 0 Å². The fourth-order valence-corrected chi connectivity index (χ4v) is 4.48. The third-order valence-corrected chi connectivity index (χ3v) is 6.25. The minimum atomic E-state index is -0.119. The molecule has 0 spiro atoms. The summed E-state index contributed by atoms with van der Waals surface area (Å²) in [4.78, 5) is 26.3. The molecule has 2 amide bonds. The number of ether oxygens (including phenoxy) is 1. The van der Waals surface area contributed by atoms with Crippen molar-refractivity contribution >= 4 is 29.3 Å². The Morgan fingerprint density at radius 2 is 1.93 bits per heavy atom. The van der Waals surface area contributed by atoms with Crippen LogP contribution in [-0.2, 0) is 27.3 Å². The number of anilines is 1. The molecule has 2 aliphatic heterocycles. The number of aryl methyl sites for hydroxylation is 1. The van der Waals surface area contributed by atoms with Crippen LogP contribution in [0.2, 0.25) is 0 Å². The standard InChI is InChI=1S/C21H27N5O3S/c27-19(14-30-15-20(28)25-9-11-29-12-10-25)22-17-6-4-5-16(13-17)21-24-23-18-7-2-1-3-8-26(18)21/h4-6,13H,1-3,7-12,14-15H2,(H,22,27). The number of hydrogen-bond acceptors (Lipinski definition) is 6. The Bertz CT molecular complexity index is 895. The molecule has 0 atom stereocenters. The number of benzene rings is 1. The number of carbonyl (C=O) groups excluding carboxylic acids is 2. The van der Waals surface area contributed by atoms with Gasteiger partial charge in [-0.2, -0.15) is 0 Å². The third kappa shape index (κ3) is 5.20. The second-order valence-corrected chi connectivity index (χ2v) is 8.50. The van der Waals surface area contributed by atoms with Crippen molar-refractivity contribution in [3.05, 3.63) is 30.1 Å². The number of nitrogens with one attached hydrogen (secondary N) is 1. The maximum absolute atomic E-state index is 12.3. The van der Waals surface area contributed by atoms with Gasteiger partial charge in [0.15, 0.2) is 5.82 Å². The fraction of sp³-hybridized carbons (Fsp3) is 0.524. The van der Waals surface area contributed by atoms with Crippen LogP contribution in [0.25, 0.3) is 11.4 Å². The Balaban J connectivity index is 1.31. The molecule has 30 heavy (non-hydrogen) atoms. The predicted octanol–water partition coefficient (Wildman–Crippen LogP) is 2.20. The molecular formula is C21H27N5O3S. The number of carbonyl (C=O) groups is 2. The first kappa shape index (κ1) is 20.9. The van der Waals surface area contributed by atoms with Crippen LogP contribution in [-0.4, -0.2) is 69.3 Å². The van der Waals surface area contributed by atoms with Crippen LogP contribution in [0.15, 0.2) is 24.3 Å². The highest BCUT2D eigenvalue weighted by Gasteiger charge is 2.18. The number of rotatable bonds is 6. The highest BCUT2D eigenvalue weighted by Crippen LogP contribution is 2.25. The molecule has 0 aliphatic carbocycles. The molecule has 8 nitrogen and oxygen atoms in total. The van der Waals surface area contributed by atoms with Gasteiger partial charge in [0.2, 0.25) is 11.8 Å². The van der Waals surface area contributed by atoms with E-state index in [1.54, 1.807) is 4.90 Å². The SMILES string of the molecule is O=C(CSCC(=O)N1CCOCC1)Nc1cccc(-c2nnc3n2CCCCC3)c1. The Morgan fingerprint density at radius 3 is 2.80 bits per heavy atom. The minimum Gasteiger partial charge on any atom is -0.378 e. The molecule has 1 aromatic carbocycles. The van der Waals surface area contributed by atoms with Crippen molar-refractivity contribution in [2.75, 3.05) is 43.1 Å². The summed E-state index contributed by atoms with van der Waals surface area (Å²) in [5.41, 5.74) is 1.67. The van der Waals surface area contributed by atoms with Crippen molar-refractivity contribution < 1.29 is 14.3 Å². The first-order chi connectivity index (χ1) is 14.7. The number of fused-ring (bicyclic) bond motifs is 1. The van der Waals surface area contributed by atoms with Gasteiger partial charge in [-0.05, 0) is 25.0 Å². The fourth-order valence-electron chi connectivity index (χ4n) is 3.77. The summed E-state index contributed by atoms with van der Waals surface area (Å²) in [6, 6.07) is 7.71. The first-order valence-corrected chi connectivity index (χ1v) is 11.6. The maximum Gasteiger partial charge on any atom is 0.234 e. The summed E-state index contributed by atoms with van der Waals surface area (Å²) in [5.74, 6) is 2.38.